The molecule has 3 heterocycles. The molecule has 9 nitrogen and oxygen atoms in total. The molecular formula is C17H18N6O3S. The highest BCUT2D eigenvalue weighted by molar-refractivity contribution is 7.89. The Bertz CT molecular complexity index is 1060. The number of benzene rings is 1. The van der Waals surface area contributed by atoms with Gasteiger partial charge in [0.25, 0.3) is 0 Å². The molecule has 1 aliphatic rings. The summed E-state index contributed by atoms with van der Waals surface area (Å²) < 4.78 is 28.2. The number of para-hydroxylation sites is 1. The third-order valence-electron chi connectivity index (χ3n) is 4.57. The van der Waals surface area contributed by atoms with Gasteiger partial charge in [-0.2, -0.15) is 4.31 Å². The van der Waals surface area contributed by atoms with Gasteiger partial charge in [-0.05, 0) is 24.3 Å². The van der Waals surface area contributed by atoms with Crippen LogP contribution in [0.15, 0.2) is 53.7 Å². The Morgan fingerprint density at radius 3 is 2.56 bits per heavy atom. The van der Waals surface area contributed by atoms with E-state index in [0.29, 0.717) is 13.1 Å². The summed E-state index contributed by atoms with van der Waals surface area (Å²) in [6.07, 6.45) is 2.87. The van der Waals surface area contributed by atoms with Crippen LogP contribution in [0.1, 0.15) is 0 Å². The van der Waals surface area contributed by atoms with Crippen LogP contribution < -0.4 is 0 Å². The predicted octanol–water partition coefficient (Wildman–Crippen LogP) is 0.359. The van der Waals surface area contributed by atoms with Gasteiger partial charge in [0.15, 0.2) is 0 Å². The van der Waals surface area contributed by atoms with Crippen LogP contribution in [0, 0.1) is 0 Å². The Morgan fingerprint density at radius 1 is 1.04 bits per heavy atom. The van der Waals surface area contributed by atoms with Crippen molar-refractivity contribution in [3.63, 3.8) is 0 Å². The van der Waals surface area contributed by atoms with Crippen molar-refractivity contribution in [1.29, 1.82) is 0 Å². The van der Waals surface area contributed by atoms with Crippen molar-refractivity contribution in [3.8, 4) is 0 Å². The van der Waals surface area contributed by atoms with Gasteiger partial charge in [0.2, 0.25) is 15.9 Å². The smallest absolute Gasteiger partial charge is 0.244 e. The molecule has 1 aromatic carbocycles. The van der Waals surface area contributed by atoms with Crippen LogP contribution in [-0.2, 0) is 21.4 Å². The lowest BCUT2D eigenvalue weighted by molar-refractivity contribution is -0.133. The number of carbonyl (C=O) groups excluding carboxylic acids is 1. The molecule has 4 rings (SSSR count). The lowest BCUT2D eigenvalue weighted by atomic mass is 10.3. The van der Waals surface area contributed by atoms with Crippen molar-refractivity contribution in [3.05, 3.63) is 48.8 Å². The van der Waals surface area contributed by atoms with E-state index in [2.05, 4.69) is 15.3 Å². The molecule has 1 fully saturated rings. The Balaban J connectivity index is 1.41. The average molecular weight is 386 g/mol. The first kappa shape index (κ1) is 17.6. The van der Waals surface area contributed by atoms with Crippen molar-refractivity contribution in [2.75, 3.05) is 26.2 Å². The van der Waals surface area contributed by atoms with Gasteiger partial charge in [-0.15, -0.1) is 5.10 Å². The summed E-state index contributed by atoms with van der Waals surface area (Å²) in [5, 5.41) is 8.07. The number of amides is 1. The molecule has 0 N–H and O–H groups in total. The lowest BCUT2D eigenvalue weighted by Crippen LogP contribution is -2.51. The van der Waals surface area contributed by atoms with Crippen molar-refractivity contribution in [2.24, 2.45) is 0 Å². The molecule has 140 valence electrons. The maximum absolute atomic E-state index is 12.6. The number of piperazine rings is 1. The quantitative estimate of drug-likeness (QED) is 0.642. The van der Waals surface area contributed by atoms with E-state index < -0.39 is 10.0 Å². The molecule has 0 atom stereocenters. The first-order chi connectivity index (χ1) is 13.1. The molecule has 1 saturated heterocycles. The van der Waals surface area contributed by atoms with Crippen LogP contribution >= 0.6 is 0 Å². The van der Waals surface area contributed by atoms with E-state index in [-0.39, 0.29) is 30.4 Å². The Labute approximate surface area is 156 Å². The highest BCUT2D eigenvalue weighted by Crippen LogP contribution is 2.17. The number of pyridine rings is 1. The number of carbonyl (C=O) groups is 1. The average Bonchev–Trinajstić information content (AvgIpc) is 3.12. The number of rotatable bonds is 4. The largest absolute Gasteiger partial charge is 0.338 e. The van der Waals surface area contributed by atoms with Crippen molar-refractivity contribution >= 4 is 27.0 Å². The zero-order valence-electron chi connectivity index (χ0n) is 14.5. The van der Waals surface area contributed by atoms with Gasteiger partial charge in [-0.1, -0.05) is 17.3 Å². The summed E-state index contributed by atoms with van der Waals surface area (Å²) >= 11 is 0. The maximum atomic E-state index is 12.6. The van der Waals surface area contributed by atoms with Crippen molar-refractivity contribution < 1.29 is 13.2 Å². The Morgan fingerprint density at radius 2 is 1.81 bits per heavy atom. The molecule has 1 aliphatic heterocycles. The zero-order chi connectivity index (χ0) is 18.9. The molecule has 3 aromatic rings. The van der Waals surface area contributed by atoms with Gasteiger partial charge in [0, 0.05) is 38.6 Å². The molecule has 0 bridgehead atoms. The van der Waals surface area contributed by atoms with Crippen LogP contribution in [0.5, 0.6) is 0 Å². The second kappa shape index (κ2) is 7.05. The van der Waals surface area contributed by atoms with Gasteiger partial charge >= 0.3 is 0 Å². The van der Waals surface area contributed by atoms with Gasteiger partial charge < -0.3 is 4.90 Å². The summed E-state index contributed by atoms with van der Waals surface area (Å²) in [5.74, 6) is -0.107. The van der Waals surface area contributed by atoms with Gasteiger partial charge in [0.1, 0.15) is 17.0 Å². The molecule has 0 aliphatic carbocycles. The van der Waals surface area contributed by atoms with Crippen LogP contribution in [0.3, 0.4) is 0 Å². The zero-order valence-corrected chi connectivity index (χ0v) is 15.3. The monoisotopic (exact) mass is 386 g/mol. The van der Waals surface area contributed by atoms with Gasteiger partial charge in [0.05, 0.1) is 5.52 Å². The van der Waals surface area contributed by atoms with E-state index >= 15 is 0 Å². The minimum atomic E-state index is -3.58. The second-order valence-electron chi connectivity index (χ2n) is 6.21. The van der Waals surface area contributed by atoms with Gasteiger partial charge in [-0.3, -0.25) is 9.78 Å². The van der Waals surface area contributed by atoms with E-state index in [4.69, 9.17) is 0 Å². The van der Waals surface area contributed by atoms with Crippen molar-refractivity contribution in [2.45, 2.75) is 11.4 Å². The SMILES string of the molecule is O=C(Cn1nnc2ccccc21)N1CCN(S(=O)(=O)c2cccnc2)CC1. The highest BCUT2D eigenvalue weighted by atomic mass is 32.2. The fraction of sp³-hybridized carbons (Fsp3) is 0.294. The molecular weight excluding hydrogens is 368 g/mol. The molecule has 27 heavy (non-hydrogen) atoms. The van der Waals surface area contributed by atoms with Crippen LogP contribution in [0.2, 0.25) is 0 Å². The van der Waals surface area contributed by atoms with Crippen LogP contribution in [0.4, 0.5) is 0 Å². The number of sulfonamides is 1. The summed E-state index contributed by atoms with van der Waals surface area (Å²) in [5.41, 5.74) is 1.53. The first-order valence-corrected chi connectivity index (χ1v) is 9.96. The fourth-order valence-electron chi connectivity index (χ4n) is 3.09. The predicted molar refractivity (Wildman–Crippen MR) is 97.1 cm³/mol. The molecule has 0 unspecified atom stereocenters. The summed E-state index contributed by atoms with van der Waals surface area (Å²) in [4.78, 5) is 18.3. The fourth-order valence-corrected chi connectivity index (χ4v) is 4.48. The van der Waals surface area contributed by atoms with Crippen LogP contribution in [0.25, 0.3) is 11.0 Å². The molecule has 1 amide bonds. The first-order valence-electron chi connectivity index (χ1n) is 8.52. The van der Waals surface area contributed by atoms with Crippen LogP contribution in [-0.4, -0.2) is 69.7 Å². The normalized spacial score (nSPS) is 15.9. The molecule has 0 saturated carbocycles. The van der Waals surface area contributed by atoms with Gasteiger partial charge in [-0.25, -0.2) is 13.1 Å². The van der Waals surface area contributed by atoms with E-state index in [0.717, 1.165) is 11.0 Å². The molecule has 0 spiro atoms. The maximum Gasteiger partial charge on any atom is 0.244 e. The van der Waals surface area contributed by atoms with E-state index in [9.17, 15) is 13.2 Å². The minimum absolute atomic E-state index is 0.0792. The van der Waals surface area contributed by atoms with E-state index in [1.165, 1.54) is 22.8 Å². The topological polar surface area (TPSA) is 101 Å². The summed E-state index contributed by atoms with van der Waals surface area (Å²) in [6.45, 7) is 1.26. The van der Waals surface area contributed by atoms with Crippen molar-refractivity contribution in [1.82, 2.24) is 29.2 Å². The number of nitrogens with zero attached hydrogens (tertiary/aromatic N) is 6. The van der Waals surface area contributed by atoms with E-state index in [1.54, 1.807) is 15.6 Å². The lowest BCUT2D eigenvalue weighted by Gasteiger charge is -2.33. The number of aromatic nitrogens is 4. The summed E-state index contributed by atoms with van der Waals surface area (Å²) in [7, 11) is -3.58. The number of fused-ring (bicyclic) bond motifs is 1. The standard InChI is InChI=1S/C17H18N6O3S/c24-17(13-23-16-6-2-1-5-15(16)19-20-23)21-8-10-22(11-9-21)27(25,26)14-4-3-7-18-12-14/h1-7,12H,8-11,13H2. The molecule has 0 radical (unpaired) electrons. The van der Waals surface area contributed by atoms with E-state index in [1.807, 2.05) is 24.3 Å². The third kappa shape index (κ3) is 3.40. The summed E-state index contributed by atoms with van der Waals surface area (Å²) in [6, 6.07) is 10.6. The third-order valence-corrected chi connectivity index (χ3v) is 6.45. The Hall–Kier alpha value is -2.85. The number of hydrogen-bond donors (Lipinski definition) is 0. The Kier molecular flexibility index (Phi) is 4.58. The molecule has 2 aromatic heterocycles. The minimum Gasteiger partial charge on any atom is -0.338 e. The highest BCUT2D eigenvalue weighted by Gasteiger charge is 2.30. The number of hydrogen-bond acceptors (Lipinski definition) is 6. The second-order valence-corrected chi connectivity index (χ2v) is 8.15. The molecule has 10 heteroatoms.